The molecular formula is C18H16ClNO4. The number of benzene rings is 2. The first kappa shape index (κ1) is 17.7. The fourth-order valence-corrected chi connectivity index (χ4v) is 2.03. The Hall–Kier alpha value is -2.66. The van der Waals surface area contributed by atoms with Crippen LogP contribution in [0.5, 0.6) is 0 Å². The summed E-state index contributed by atoms with van der Waals surface area (Å²) in [6, 6.07) is 12.6. The van der Waals surface area contributed by atoms with Crippen molar-refractivity contribution in [2.75, 3.05) is 5.32 Å². The summed E-state index contributed by atoms with van der Waals surface area (Å²) in [6.07, 6.45) is -0.972. The van der Waals surface area contributed by atoms with Gasteiger partial charge in [-0.15, -0.1) is 0 Å². The van der Waals surface area contributed by atoms with Gasteiger partial charge in [-0.05, 0) is 62.4 Å². The first-order chi connectivity index (χ1) is 11.4. The van der Waals surface area contributed by atoms with Gasteiger partial charge in [-0.25, -0.2) is 4.79 Å². The fourth-order valence-electron chi connectivity index (χ4n) is 1.90. The van der Waals surface area contributed by atoms with Crippen molar-refractivity contribution in [1.82, 2.24) is 0 Å². The monoisotopic (exact) mass is 345 g/mol. The lowest BCUT2D eigenvalue weighted by molar-refractivity contribution is -0.123. The molecule has 1 amide bonds. The minimum absolute atomic E-state index is 0.0573. The average molecular weight is 346 g/mol. The first-order valence-corrected chi connectivity index (χ1v) is 7.63. The molecule has 0 saturated heterocycles. The van der Waals surface area contributed by atoms with Crippen molar-refractivity contribution in [3.8, 4) is 0 Å². The number of anilines is 1. The molecule has 124 valence electrons. The second-order valence-corrected chi connectivity index (χ2v) is 5.61. The van der Waals surface area contributed by atoms with Gasteiger partial charge in [0.15, 0.2) is 11.9 Å². The minimum atomic E-state index is -0.972. The number of Topliss-reactive ketones (excluding diaryl/α,β-unsaturated/α-hetero) is 1. The zero-order valence-corrected chi connectivity index (χ0v) is 14.0. The molecule has 0 aromatic heterocycles. The van der Waals surface area contributed by atoms with Crippen molar-refractivity contribution in [3.05, 3.63) is 64.7 Å². The molecule has 0 saturated carbocycles. The second kappa shape index (κ2) is 7.75. The van der Waals surface area contributed by atoms with Gasteiger partial charge in [0.25, 0.3) is 5.91 Å². The minimum Gasteiger partial charge on any atom is -0.449 e. The molecule has 5 nitrogen and oxygen atoms in total. The van der Waals surface area contributed by atoms with E-state index in [0.717, 1.165) is 0 Å². The maximum absolute atomic E-state index is 12.1. The molecule has 0 spiro atoms. The number of nitrogens with one attached hydrogen (secondary N) is 1. The Labute approximate surface area is 144 Å². The van der Waals surface area contributed by atoms with E-state index < -0.39 is 18.0 Å². The zero-order chi connectivity index (χ0) is 17.7. The molecule has 0 aliphatic heterocycles. The Morgan fingerprint density at radius 2 is 1.50 bits per heavy atom. The highest BCUT2D eigenvalue weighted by molar-refractivity contribution is 6.30. The zero-order valence-electron chi connectivity index (χ0n) is 13.2. The summed E-state index contributed by atoms with van der Waals surface area (Å²) >= 11 is 5.76. The summed E-state index contributed by atoms with van der Waals surface area (Å²) in [4.78, 5) is 35.2. The summed E-state index contributed by atoms with van der Waals surface area (Å²) in [5.41, 5.74) is 1.37. The second-order valence-electron chi connectivity index (χ2n) is 5.18. The molecule has 0 aliphatic rings. The number of amides is 1. The molecule has 0 bridgehead atoms. The van der Waals surface area contributed by atoms with Crippen LogP contribution in [-0.4, -0.2) is 23.8 Å². The normalized spacial score (nSPS) is 11.5. The van der Waals surface area contributed by atoms with Gasteiger partial charge in [-0.1, -0.05) is 11.6 Å². The number of ketones is 1. The summed E-state index contributed by atoms with van der Waals surface area (Å²) in [5.74, 6) is -1.13. The Morgan fingerprint density at radius 3 is 2.04 bits per heavy atom. The van der Waals surface area contributed by atoms with Gasteiger partial charge >= 0.3 is 5.97 Å². The highest BCUT2D eigenvalue weighted by Crippen LogP contribution is 2.13. The lowest BCUT2D eigenvalue weighted by atomic mass is 10.1. The molecular weight excluding hydrogens is 330 g/mol. The SMILES string of the molecule is CC(=O)c1ccc(NC(=O)[C@H](C)OC(=O)c2ccc(Cl)cc2)cc1. The summed E-state index contributed by atoms with van der Waals surface area (Å²) in [7, 11) is 0. The Bertz CT molecular complexity index is 754. The molecule has 1 atom stereocenters. The average Bonchev–Trinajstić information content (AvgIpc) is 2.55. The van der Waals surface area contributed by atoms with Crippen LogP contribution in [0.3, 0.4) is 0 Å². The van der Waals surface area contributed by atoms with Crippen LogP contribution in [0.1, 0.15) is 34.6 Å². The van der Waals surface area contributed by atoms with Gasteiger partial charge in [0.05, 0.1) is 5.56 Å². The summed E-state index contributed by atoms with van der Waals surface area (Å²) in [5, 5.41) is 3.13. The molecule has 0 radical (unpaired) electrons. The molecule has 2 aromatic carbocycles. The number of carbonyl (C=O) groups is 3. The largest absolute Gasteiger partial charge is 0.449 e. The number of halogens is 1. The molecule has 0 heterocycles. The number of hydrogen-bond acceptors (Lipinski definition) is 4. The Morgan fingerprint density at radius 1 is 0.958 bits per heavy atom. The molecule has 1 N–H and O–H groups in total. The van der Waals surface area contributed by atoms with Gasteiger partial charge in [-0.3, -0.25) is 9.59 Å². The predicted molar refractivity (Wildman–Crippen MR) is 91.4 cm³/mol. The van der Waals surface area contributed by atoms with Gasteiger partial charge in [0, 0.05) is 16.3 Å². The topological polar surface area (TPSA) is 72.5 Å². The van der Waals surface area contributed by atoms with Crippen LogP contribution < -0.4 is 5.32 Å². The van der Waals surface area contributed by atoms with E-state index in [-0.39, 0.29) is 5.78 Å². The van der Waals surface area contributed by atoms with Crippen molar-refractivity contribution in [2.45, 2.75) is 20.0 Å². The maximum Gasteiger partial charge on any atom is 0.338 e. The van der Waals surface area contributed by atoms with E-state index in [9.17, 15) is 14.4 Å². The quantitative estimate of drug-likeness (QED) is 0.662. The van der Waals surface area contributed by atoms with Crippen LogP contribution in [0.25, 0.3) is 0 Å². The third kappa shape index (κ3) is 4.67. The van der Waals surface area contributed by atoms with E-state index in [1.54, 1.807) is 36.4 Å². The number of esters is 1. The summed E-state index contributed by atoms with van der Waals surface area (Å²) < 4.78 is 5.12. The van der Waals surface area contributed by atoms with Gasteiger partial charge < -0.3 is 10.1 Å². The fraction of sp³-hybridized carbons (Fsp3) is 0.167. The molecule has 0 fully saturated rings. The number of rotatable bonds is 5. The molecule has 0 unspecified atom stereocenters. The molecule has 2 aromatic rings. The van der Waals surface area contributed by atoms with Gasteiger partial charge in [0.1, 0.15) is 0 Å². The van der Waals surface area contributed by atoms with Crippen molar-refractivity contribution in [2.24, 2.45) is 0 Å². The van der Waals surface area contributed by atoms with Crippen LogP contribution in [0.15, 0.2) is 48.5 Å². The van der Waals surface area contributed by atoms with E-state index >= 15 is 0 Å². The van der Waals surface area contributed by atoms with Gasteiger partial charge in [-0.2, -0.15) is 0 Å². The predicted octanol–water partition coefficient (Wildman–Crippen LogP) is 3.73. The highest BCUT2D eigenvalue weighted by Gasteiger charge is 2.19. The van der Waals surface area contributed by atoms with Crippen LogP contribution >= 0.6 is 11.6 Å². The first-order valence-electron chi connectivity index (χ1n) is 7.25. The van der Waals surface area contributed by atoms with E-state index in [1.807, 2.05) is 0 Å². The van der Waals surface area contributed by atoms with E-state index in [1.165, 1.54) is 26.0 Å². The van der Waals surface area contributed by atoms with E-state index in [0.29, 0.717) is 21.8 Å². The van der Waals surface area contributed by atoms with Crippen molar-refractivity contribution >= 4 is 34.9 Å². The highest BCUT2D eigenvalue weighted by atomic mass is 35.5. The third-order valence-electron chi connectivity index (χ3n) is 3.29. The van der Waals surface area contributed by atoms with Crippen LogP contribution in [0.4, 0.5) is 5.69 Å². The van der Waals surface area contributed by atoms with Gasteiger partial charge in [0.2, 0.25) is 0 Å². The van der Waals surface area contributed by atoms with Crippen molar-refractivity contribution < 1.29 is 19.1 Å². The number of hydrogen-bond donors (Lipinski definition) is 1. The lowest BCUT2D eigenvalue weighted by Gasteiger charge is -2.13. The van der Waals surface area contributed by atoms with E-state index in [4.69, 9.17) is 16.3 Å². The lowest BCUT2D eigenvalue weighted by Crippen LogP contribution is -2.30. The smallest absolute Gasteiger partial charge is 0.338 e. The van der Waals surface area contributed by atoms with E-state index in [2.05, 4.69) is 5.32 Å². The molecule has 0 aliphatic carbocycles. The van der Waals surface area contributed by atoms with Crippen molar-refractivity contribution in [3.63, 3.8) is 0 Å². The third-order valence-corrected chi connectivity index (χ3v) is 3.54. The Balaban J connectivity index is 1.95. The van der Waals surface area contributed by atoms with Crippen LogP contribution in [0.2, 0.25) is 5.02 Å². The number of carbonyl (C=O) groups excluding carboxylic acids is 3. The summed E-state index contributed by atoms with van der Waals surface area (Å²) in [6.45, 7) is 2.94. The number of ether oxygens (including phenoxy) is 1. The van der Waals surface area contributed by atoms with Crippen LogP contribution in [0, 0.1) is 0 Å². The maximum atomic E-state index is 12.1. The van der Waals surface area contributed by atoms with Crippen LogP contribution in [-0.2, 0) is 9.53 Å². The molecule has 24 heavy (non-hydrogen) atoms. The molecule has 6 heteroatoms. The Kier molecular flexibility index (Phi) is 5.71. The van der Waals surface area contributed by atoms with Crippen molar-refractivity contribution in [1.29, 1.82) is 0 Å². The standard InChI is InChI=1S/C18H16ClNO4/c1-11(21)13-5-9-16(10-6-13)20-17(22)12(2)24-18(23)14-3-7-15(19)8-4-14/h3-10,12H,1-2H3,(H,20,22)/t12-/m0/s1. The molecule has 2 rings (SSSR count).